The fourth-order valence-electron chi connectivity index (χ4n) is 2.52. The summed E-state index contributed by atoms with van der Waals surface area (Å²) < 4.78 is 16.7. The van der Waals surface area contributed by atoms with Crippen LogP contribution in [0.5, 0.6) is 5.75 Å². The Morgan fingerprint density at radius 1 is 1.11 bits per heavy atom. The molecule has 4 nitrogen and oxygen atoms in total. The number of nitrogens with two attached hydrogens (primary N) is 1. The van der Waals surface area contributed by atoms with Gasteiger partial charge in [-0.05, 0) is 32.4 Å². The number of hydrogen-bond acceptors (Lipinski definition) is 4. The van der Waals surface area contributed by atoms with E-state index in [-0.39, 0.29) is 5.54 Å². The van der Waals surface area contributed by atoms with Crippen LogP contribution in [0.25, 0.3) is 21.9 Å². The molecule has 0 aliphatic rings. The first-order valence-electron chi connectivity index (χ1n) is 6.23. The second-order valence-electron chi connectivity index (χ2n) is 5.50. The van der Waals surface area contributed by atoms with Gasteiger partial charge >= 0.3 is 0 Å². The van der Waals surface area contributed by atoms with Crippen LogP contribution in [0.2, 0.25) is 0 Å². The molecule has 2 N–H and O–H groups in total. The molecule has 0 atom stereocenters. The van der Waals surface area contributed by atoms with Crippen molar-refractivity contribution in [2.24, 2.45) is 5.73 Å². The zero-order valence-corrected chi connectivity index (χ0v) is 11.3. The van der Waals surface area contributed by atoms with Gasteiger partial charge < -0.3 is 19.3 Å². The second-order valence-corrected chi connectivity index (χ2v) is 5.50. The second kappa shape index (κ2) is 4.03. The predicted molar refractivity (Wildman–Crippen MR) is 74.5 cm³/mol. The summed E-state index contributed by atoms with van der Waals surface area (Å²) in [5.74, 6) is 0.710. The molecular formula is C15H17NO3. The molecule has 0 fully saturated rings. The Morgan fingerprint density at radius 2 is 1.74 bits per heavy atom. The van der Waals surface area contributed by atoms with Gasteiger partial charge in [0.2, 0.25) is 0 Å². The largest absolute Gasteiger partial charge is 0.492 e. The normalized spacial score (nSPS) is 12.4. The Labute approximate surface area is 111 Å². The maximum Gasteiger partial charge on any atom is 0.176 e. The summed E-state index contributed by atoms with van der Waals surface area (Å²) in [6, 6.07) is 3.82. The first-order chi connectivity index (χ1) is 9.01. The highest BCUT2D eigenvalue weighted by Gasteiger charge is 2.23. The molecule has 0 unspecified atom stereocenters. The van der Waals surface area contributed by atoms with Crippen LogP contribution in [-0.4, -0.2) is 12.6 Å². The SMILES string of the molecule is COc1c2ccoc2c(CC(C)(C)N)c2ccoc12. The van der Waals surface area contributed by atoms with E-state index in [2.05, 4.69) is 0 Å². The minimum atomic E-state index is -0.321. The highest BCUT2D eigenvalue weighted by molar-refractivity contribution is 6.04. The lowest BCUT2D eigenvalue weighted by atomic mass is 9.92. The van der Waals surface area contributed by atoms with Crippen molar-refractivity contribution in [3.63, 3.8) is 0 Å². The summed E-state index contributed by atoms with van der Waals surface area (Å²) in [6.45, 7) is 4.00. The molecular weight excluding hydrogens is 242 g/mol. The van der Waals surface area contributed by atoms with Gasteiger partial charge in [0.05, 0.1) is 25.0 Å². The maximum absolute atomic E-state index is 6.15. The van der Waals surface area contributed by atoms with E-state index in [0.717, 1.165) is 27.5 Å². The van der Waals surface area contributed by atoms with E-state index in [9.17, 15) is 0 Å². The first kappa shape index (κ1) is 12.1. The van der Waals surface area contributed by atoms with Gasteiger partial charge in [0.1, 0.15) is 5.58 Å². The zero-order chi connectivity index (χ0) is 13.6. The molecule has 3 rings (SSSR count). The summed E-state index contributed by atoms with van der Waals surface area (Å²) in [7, 11) is 1.64. The summed E-state index contributed by atoms with van der Waals surface area (Å²) in [5.41, 5.74) is 8.47. The highest BCUT2D eigenvalue weighted by Crippen LogP contribution is 2.40. The summed E-state index contributed by atoms with van der Waals surface area (Å²) >= 11 is 0. The molecule has 0 amide bonds. The Morgan fingerprint density at radius 3 is 2.37 bits per heavy atom. The summed E-state index contributed by atoms with van der Waals surface area (Å²) in [6.07, 6.45) is 4.04. The third-order valence-electron chi connectivity index (χ3n) is 3.22. The van der Waals surface area contributed by atoms with Gasteiger partial charge in [-0.1, -0.05) is 0 Å². The number of benzene rings is 1. The molecule has 0 aliphatic heterocycles. The third-order valence-corrected chi connectivity index (χ3v) is 3.22. The molecule has 0 aliphatic carbocycles. The number of ether oxygens (including phenoxy) is 1. The van der Waals surface area contributed by atoms with Gasteiger partial charge in [-0.15, -0.1) is 0 Å². The van der Waals surface area contributed by atoms with Crippen molar-refractivity contribution in [1.29, 1.82) is 0 Å². The minimum absolute atomic E-state index is 0.321. The van der Waals surface area contributed by atoms with Gasteiger partial charge in [-0.2, -0.15) is 0 Å². The van der Waals surface area contributed by atoms with E-state index >= 15 is 0 Å². The summed E-state index contributed by atoms with van der Waals surface area (Å²) in [4.78, 5) is 0. The van der Waals surface area contributed by atoms with Crippen LogP contribution in [0.15, 0.2) is 33.5 Å². The Bertz CT molecular complexity index is 679. The molecule has 100 valence electrons. The lowest BCUT2D eigenvalue weighted by Gasteiger charge is -2.19. The minimum Gasteiger partial charge on any atom is -0.492 e. The fraction of sp³-hybridized carbons (Fsp3) is 0.333. The number of methoxy groups -OCH3 is 1. The molecule has 0 spiro atoms. The van der Waals surface area contributed by atoms with Gasteiger partial charge in [-0.25, -0.2) is 0 Å². The average Bonchev–Trinajstić information content (AvgIpc) is 2.94. The predicted octanol–water partition coefficient (Wildman–Crippen LogP) is 3.47. The molecule has 19 heavy (non-hydrogen) atoms. The van der Waals surface area contributed by atoms with Crippen molar-refractivity contribution in [1.82, 2.24) is 0 Å². The zero-order valence-electron chi connectivity index (χ0n) is 11.3. The van der Waals surface area contributed by atoms with Crippen LogP contribution in [0.3, 0.4) is 0 Å². The van der Waals surface area contributed by atoms with E-state index in [1.54, 1.807) is 19.6 Å². The molecule has 1 aromatic carbocycles. The molecule has 3 aromatic rings. The van der Waals surface area contributed by atoms with E-state index < -0.39 is 0 Å². The number of rotatable bonds is 3. The van der Waals surface area contributed by atoms with Crippen LogP contribution >= 0.6 is 0 Å². The van der Waals surface area contributed by atoms with Crippen molar-refractivity contribution in [2.75, 3.05) is 7.11 Å². The Balaban J connectivity index is 2.39. The smallest absolute Gasteiger partial charge is 0.176 e. The molecule has 2 aromatic heterocycles. The lowest BCUT2D eigenvalue weighted by Crippen LogP contribution is -2.34. The molecule has 0 radical (unpaired) electrons. The Hall–Kier alpha value is -1.94. The monoisotopic (exact) mass is 259 g/mol. The van der Waals surface area contributed by atoms with Gasteiger partial charge in [0.15, 0.2) is 11.3 Å². The quantitative estimate of drug-likeness (QED) is 0.782. The third kappa shape index (κ3) is 1.88. The summed E-state index contributed by atoms with van der Waals surface area (Å²) in [5, 5.41) is 1.92. The Kier molecular flexibility index (Phi) is 2.57. The van der Waals surface area contributed by atoms with Crippen LogP contribution in [0, 0.1) is 0 Å². The number of furan rings is 2. The molecule has 4 heteroatoms. The molecule has 2 heterocycles. The van der Waals surface area contributed by atoms with E-state index in [4.69, 9.17) is 19.3 Å². The fourth-order valence-corrected chi connectivity index (χ4v) is 2.52. The van der Waals surface area contributed by atoms with Crippen LogP contribution in [0.4, 0.5) is 0 Å². The van der Waals surface area contributed by atoms with E-state index in [0.29, 0.717) is 12.2 Å². The van der Waals surface area contributed by atoms with Crippen molar-refractivity contribution >= 4 is 21.9 Å². The van der Waals surface area contributed by atoms with Crippen molar-refractivity contribution in [3.8, 4) is 5.75 Å². The number of fused-ring (bicyclic) bond motifs is 2. The first-order valence-corrected chi connectivity index (χ1v) is 6.23. The van der Waals surface area contributed by atoms with Crippen LogP contribution < -0.4 is 10.5 Å². The van der Waals surface area contributed by atoms with Crippen molar-refractivity contribution in [2.45, 2.75) is 25.8 Å². The molecule has 0 saturated heterocycles. The molecule has 0 bridgehead atoms. The number of hydrogen-bond donors (Lipinski definition) is 1. The van der Waals surface area contributed by atoms with Gasteiger partial charge in [0.25, 0.3) is 0 Å². The van der Waals surface area contributed by atoms with Crippen molar-refractivity contribution < 1.29 is 13.6 Å². The maximum atomic E-state index is 6.15. The standard InChI is InChI=1S/C15H17NO3/c1-15(2,16)8-11-9-4-6-19-14(9)13(17-3)10-5-7-18-12(10)11/h4-7H,8,16H2,1-3H3. The van der Waals surface area contributed by atoms with Crippen molar-refractivity contribution in [3.05, 3.63) is 30.2 Å². The average molecular weight is 259 g/mol. The van der Waals surface area contributed by atoms with Gasteiger partial charge in [-0.3, -0.25) is 0 Å². The molecule has 0 saturated carbocycles. The van der Waals surface area contributed by atoms with Crippen LogP contribution in [-0.2, 0) is 6.42 Å². The van der Waals surface area contributed by atoms with Crippen LogP contribution in [0.1, 0.15) is 19.4 Å². The van der Waals surface area contributed by atoms with E-state index in [1.807, 2.05) is 26.0 Å². The van der Waals surface area contributed by atoms with E-state index in [1.165, 1.54) is 0 Å². The highest BCUT2D eigenvalue weighted by atomic mass is 16.5. The lowest BCUT2D eigenvalue weighted by molar-refractivity contribution is 0.414. The topological polar surface area (TPSA) is 61.5 Å². The van der Waals surface area contributed by atoms with Gasteiger partial charge in [0, 0.05) is 16.5 Å².